The molecular formula is C25H31N5S. The van der Waals surface area contributed by atoms with E-state index in [2.05, 4.69) is 66.6 Å². The molecule has 2 atom stereocenters. The average Bonchev–Trinajstić information content (AvgIpc) is 3.25. The van der Waals surface area contributed by atoms with Crippen molar-refractivity contribution in [3.63, 3.8) is 0 Å². The first-order valence-corrected chi connectivity index (χ1v) is 11.9. The van der Waals surface area contributed by atoms with Crippen molar-refractivity contribution in [1.29, 1.82) is 0 Å². The Kier molecular flexibility index (Phi) is 6.88. The minimum atomic E-state index is 0.304. The van der Waals surface area contributed by atoms with Gasteiger partial charge in [0.15, 0.2) is 0 Å². The SMILES string of the molecule is CNCc1ccc(C2=NCC(c3nc(C4C=CC(SC(C)C)CC4)cnc3N)=C2)cc1. The van der Waals surface area contributed by atoms with Crippen molar-refractivity contribution in [2.75, 3.05) is 19.3 Å². The summed E-state index contributed by atoms with van der Waals surface area (Å²) in [5.41, 5.74) is 12.4. The highest BCUT2D eigenvalue weighted by molar-refractivity contribution is 8.00. The molecule has 0 amide bonds. The summed E-state index contributed by atoms with van der Waals surface area (Å²) in [7, 11) is 1.95. The number of benzene rings is 1. The van der Waals surface area contributed by atoms with Crippen LogP contribution in [0.1, 0.15) is 55.1 Å². The lowest BCUT2D eigenvalue weighted by Crippen LogP contribution is -2.13. The molecule has 0 bridgehead atoms. The Morgan fingerprint density at radius 3 is 2.65 bits per heavy atom. The number of nitrogens with one attached hydrogen (secondary N) is 1. The number of hydrogen-bond donors (Lipinski definition) is 2. The van der Waals surface area contributed by atoms with E-state index >= 15 is 0 Å². The first-order chi connectivity index (χ1) is 15.0. The van der Waals surface area contributed by atoms with Crippen LogP contribution in [0.15, 0.2) is 53.7 Å². The second-order valence-electron chi connectivity index (χ2n) is 8.42. The summed E-state index contributed by atoms with van der Waals surface area (Å²) in [6.45, 7) is 5.96. The van der Waals surface area contributed by atoms with E-state index in [0.717, 1.165) is 41.2 Å². The van der Waals surface area contributed by atoms with Crippen molar-refractivity contribution in [2.45, 2.75) is 49.7 Å². The van der Waals surface area contributed by atoms with Gasteiger partial charge in [0.2, 0.25) is 0 Å². The van der Waals surface area contributed by atoms with Crippen molar-refractivity contribution in [2.24, 2.45) is 4.99 Å². The quantitative estimate of drug-likeness (QED) is 0.624. The van der Waals surface area contributed by atoms with Gasteiger partial charge in [-0.15, -0.1) is 0 Å². The number of nitrogens with two attached hydrogens (primary N) is 1. The molecule has 31 heavy (non-hydrogen) atoms. The Labute approximate surface area is 189 Å². The molecule has 0 spiro atoms. The molecule has 2 aromatic rings. The molecule has 2 heterocycles. The van der Waals surface area contributed by atoms with Gasteiger partial charge in [-0.05, 0) is 42.3 Å². The molecule has 1 aromatic heterocycles. The normalized spacial score (nSPS) is 20.8. The molecule has 1 aliphatic heterocycles. The molecule has 2 aliphatic rings. The minimum absolute atomic E-state index is 0.304. The van der Waals surface area contributed by atoms with E-state index in [0.29, 0.717) is 28.8 Å². The molecule has 0 saturated heterocycles. The second kappa shape index (κ2) is 9.79. The van der Waals surface area contributed by atoms with Gasteiger partial charge in [0.1, 0.15) is 11.5 Å². The van der Waals surface area contributed by atoms with Crippen LogP contribution >= 0.6 is 11.8 Å². The van der Waals surface area contributed by atoms with E-state index in [-0.39, 0.29) is 0 Å². The topological polar surface area (TPSA) is 76.2 Å². The Morgan fingerprint density at radius 1 is 1.16 bits per heavy atom. The predicted molar refractivity (Wildman–Crippen MR) is 133 cm³/mol. The summed E-state index contributed by atoms with van der Waals surface area (Å²) >= 11 is 2.03. The zero-order valence-electron chi connectivity index (χ0n) is 18.5. The summed E-state index contributed by atoms with van der Waals surface area (Å²) < 4.78 is 0. The van der Waals surface area contributed by atoms with Gasteiger partial charge in [0, 0.05) is 23.3 Å². The van der Waals surface area contributed by atoms with E-state index < -0.39 is 0 Å². The number of aliphatic imine (C=N–C) groups is 1. The highest BCUT2D eigenvalue weighted by Gasteiger charge is 2.22. The molecule has 4 rings (SSSR count). The number of nitrogens with zero attached hydrogens (tertiary/aromatic N) is 3. The number of anilines is 1. The zero-order chi connectivity index (χ0) is 21.8. The zero-order valence-corrected chi connectivity index (χ0v) is 19.3. The fourth-order valence-corrected chi connectivity index (χ4v) is 5.23. The lowest BCUT2D eigenvalue weighted by atomic mass is 9.93. The van der Waals surface area contributed by atoms with Crippen LogP contribution in [0.25, 0.3) is 5.57 Å². The first-order valence-electron chi connectivity index (χ1n) is 11.0. The maximum Gasteiger partial charge on any atom is 0.149 e. The van der Waals surface area contributed by atoms with Gasteiger partial charge >= 0.3 is 0 Å². The molecule has 0 radical (unpaired) electrons. The number of hydrogen-bond acceptors (Lipinski definition) is 6. The standard InChI is InChI=1S/C25H31N5S/c1-16(2)31-21-10-8-19(9-11-21)23-15-29-25(26)24(30-23)20-12-22(28-14-20)18-6-4-17(5-7-18)13-27-3/h4-8,10,12,15-16,19,21,27H,9,11,13-14H2,1-3H3,(H2,26,29). The van der Waals surface area contributed by atoms with Crippen LogP contribution in [0.5, 0.6) is 0 Å². The van der Waals surface area contributed by atoms with Gasteiger partial charge in [0.05, 0.1) is 24.1 Å². The molecule has 1 aliphatic carbocycles. The fraction of sp³-hybridized carbons (Fsp3) is 0.400. The third kappa shape index (κ3) is 5.25. The number of allylic oxidation sites excluding steroid dienone is 2. The molecule has 5 nitrogen and oxygen atoms in total. The maximum atomic E-state index is 6.22. The van der Waals surface area contributed by atoms with Crippen LogP contribution in [0, 0.1) is 0 Å². The summed E-state index contributed by atoms with van der Waals surface area (Å²) in [5.74, 6) is 0.779. The van der Waals surface area contributed by atoms with Gasteiger partial charge in [-0.25, -0.2) is 9.97 Å². The monoisotopic (exact) mass is 433 g/mol. The first kappa shape index (κ1) is 21.8. The lowest BCUT2D eigenvalue weighted by Gasteiger charge is -2.23. The second-order valence-corrected chi connectivity index (χ2v) is 10.2. The van der Waals surface area contributed by atoms with E-state index in [9.17, 15) is 0 Å². The van der Waals surface area contributed by atoms with E-state index in [1.54, 1.807) is 0 Å². The van der Waals surface area contributed by atoms with Crippen molar-refractivity contribution in [3.8, 4) is 0 Å². The molecule has 6 heteroatoms. The molecule has 2 unspecified atom stereocenters. The van der Waals surface area contributed by atoms with Gasteiger partial charge in [-0.2, -0.15) is 11.8 Å². The van der Waals surface area contributed by atoms with E-state index in [1.165, 1.54) is 12.0 Å². The largest absolute Gasteiger partial charge is 0.382 e. The van der Waals surface area contributed by atoms with Crippen molar-refractivity contribution >= 4 is 28.9 Å². The highest BCUT2D eigenvalue weighted by Crippen LogP contribution is 2.34. The Balaban J connectivity index is 1.51. The minimum Gasteiger partial charge on any atom is -0.382 e. The van der Waals surface area contributed by atoms with Gasteiger partial charge in [-0.3, -0.25) is 4.99 Å². The predicted octanol–water partition coefficient (Wildman–Crippen LogP) is 4.61. The Hall–Kier alpha value is -2.44. The molecular weight excluding hydrogens is 402 g/mol. The van der Waals surface area contributed by atoms with Crippen LogP contribution in [-0.2, 0) is 6.54 Å². The third-order valence-electron chi connectivity index (χ3n) is 5.63. The Bertz CT molecular complexity index is 1010. The summed E-state index contributed by atoms with van der Waals surface area (Å²) in [6.07, 6.45) is 10.8. The number of rotatable bonds is 7. The van der Waals surface area contributed by atoms with Crippen LogP contribution < -0.4 is 11.1 Å². The molecule has 0 saturated carbocycles. The molecule has 0 fully saturated rings. The van der Waals surface area contributed by atoms with Gasteiger partial charge < -0.3 is 11.1 Å². The summed E-state index contributed by atoms with van der Waals surface area (Å²) in [5, 5.41) is 4.43. The van der Waals surface area contributed by atoms with Crippen LogP contribution in [-0.4, -0.2) is 39.8 Å². The van der Waals surface area contributed by atoms with Crippen molar-refractivity contribution in [1.82, 2.24) is 15.3 Å². The molecule has 3 N–H and O–H groups in total. The van der Waals surface area contributed by atoms with Crippen LogP contribution in [0.2, 0.25) is 0 Å². The Morgan fingerprint density at radius 2 is 1.97 bits per heavy atom. The van der Waals surface area contributed by atoms with Gasteiger partial charge in [-0.1, -0.05) is 50.3 Å². The smallest absolute Gasteiger partial charge is 0.149 e. The summed E-state index contributed by atoms with van der Waals surface area (Å²) in [6, 6.07) is 8.51. The van der Waals surface area contributed by atoms with Crippen LogP contribution in [0.3, 0.4) is 0 Å². The number of nitrogen functional groups attached to an aromatic ring is 1. The molecule has 162 valence electrons. The highest BCUT2D eigenvalue weighted by atomic mass is 32.2. The summed E-state index contributed by atoms with van der Waals surface area (Å²) in [4.78, 5) is 14.1. The fourth-order valence-electron chi connectivity index (χ4n) is 4.07. The number of thioether (sulfide) groups is 1. The van der Waals surface area contributed by atoms with Crippen molar-refractivity contribution in [3.05, 3.63) is 71.2 Å². The van der Waals surface area contributed by atoms with E-state index in [4.69, 9.17) is 15.7 Å². The van der Waals surface area contributed by atoms with Crippen molar-refractivity contribution < 1.29 is 0 Å². The van der Waals surface area contributed by atoms with Crippen LogP contribution in [0.4, 0.5) is 5.82 Å². The third-order valence-corrected chi connectivity index (χ3v) is 6.92. The number of aromatic nitrogens is 2. The van der Waals surface area contributed by atoms with Gasteiger partial charge in [0.25, 0.3) is 0 Å². The molecule has 1 aromatic carbocycles. The lowest BCUT2D eigenvalue weighted by molar-refractivity contribution is 0.645. The van der Waals surface area contributed by atoms with E-state index in [1.807, 2.05) is 25.0 Å². The maximum absolute atomic E-state index is 6.22. The average molecular weight is 434 g/mol.